The summed E-state index contributed by atoms with van der Waals surface area (Å²) in [7, 11) is 1.63. The lowest BCUT2D eigenvalue weighted by atomic mass is 9.99. The summed E-state index contributed by atoms with van der Waals surface area (Å²) in [4.78, 5) is 19.1. The Morgan fingerprint density at radius 3 is 2.61 bits per heavy atom. The molecule has 0 spiro atoms. The van der Waals surface area contributed by atoms with Gasteiger partial charge in [-0.3, -0.25) is 4.79 Å². The highest BCUT2D eigenvalue weighted by atomic mass is 35.5. The van der Waals surface area contributed by atoms with Gasteiger partial charge in [-0.2, -0.15) is 0 Å². The van der Waals surface area contributed by atoms with Gasteiger partial charge in [-0.05, 0) is 48.7 Å². The van der Waals surface area contributed by atoms with Crippen molar-refractivity contribution in [3.05, 3.63) is 69.2 Å². The highest BCUT2D eigenvalue weighted by Crippen LogP contribution is 2.29. The van der Waals surface area contributed by atoms with Crippen LogP contribution in [0.25, 0.3) is 5.69 Å². The predicted molar refractivity (Wildman–Crippen MR) is 108 cm³/mol. The minimum absolute atomic E-state index is 0.125. The molecule has 1 aromatic heterocycles. The molecule has 3 aromatic rings. The first-order chi connectivity index (χ1) is 13.5. The Kier molecular flexibility index (Phi) is 5.00. The number of halogens is 2. The molecule has 1 aliphatic rings. The molecular formula is C20H18Cl2N4O2. The second kappa shape index (κ2) is 7.45. The molecule has 0 bridgehead atoms. The largest absolute Gasteiger partial charge is 0.497 e. The van der Waals surface area contributed by atoms with Crippen LogP contribution in [-0.2, 0) is 13.0 Å². The first-order valence-electron chi connectivity index (χ1n) is 8.81. The molecule has 0 saturated carbocycles. The Morgan fingerprint density at radius 2 is 1.89 bits per heavy atom. The maximum absolute atomic E-state index is 13.0. The molecule has 1 amide bonds. The van der Waals surface area contributed by atoms with Gasteiger partial charge in [-0.15, -0.1) is 5.10 Å². The van der Waals surface area contributed by atoms with Crippen molar-refractivity contribution in [1.82, 2.24) is 19.7 Å². The van der Waals surface area contributed by atoms with Crippen LogP contribution in [0.2, 0.25) is 10.0 Å². The van der Waals surface area contributed by atoms with E-state index in [2.05, 4.69) is 10.1 Å². The highest BCUT2D eigenvalue weighted by Gasteiger charge is 2.26. The fraction of sp³-hybridized carbons (Fsp3) is 0.250. The Hall–Kier alpha value is -2.57. The Bertz CT molecular complexity index is 1040. The third-order valence-electron chi connectivity index (χ3n) is 4.82. The molecule has 0 fully saturated rings. The Balaban J connectivity index is 1.63. The number of rotatable bonds is 3. The number of amides is 1. The summed E-state index contributed by atoms with van der Waals surface area (Å²) in [6, 6.07) is 11.2. The predicted octanol–water partition coefficient (Wildman–Crippen LogP) is 4.09. The van der Waals surface area contributed by atoms with Gasteiger partial charge in [0.25, 0.3) is 5.91 Å². The molecule has 0 radical (unpaired) electrons. The lowest BCUT2D eigenvalue weighted by Gasteiger charge is -2.28. The molecule has 2 heterocycles. The molecule has 144 valence electrons. The number of methoxy groups -OCH3 is 1. The number of fused-ring (bicyclic) bond motifs is 1. The molecule has 0 unspecified atom stereocenters. The van der Waals surface area contributed by atoms with Crippen LogP contribution in [-0.4, -0.2) is 39.2 Å². The Morgan fingerprint density at radius 1 is 1.14 bits per heavy atom. The summed E-state index contributed by atoms with van der Waals surface area (Å²) >= 11 is 12.6. The van der Waals surface area contributed by atoms with E-state index in [0.29, 0.717) is 34.6 Å². The standard InChI is InChI=1S/C20H18Cl2N4O2/c1-12-23-19(24-26(12)18-16(21)4-3-5-17(18)22)20(27)25-9-8-13-6-7-15(28-2)10-14(13)11-25/h3-7,10H,8-9,11H2,1-2H3. The lowest BCUT2D eigenvalue weighted by molar-refractivity contribution is 0.0722. The molecule has 0 saturated heterocycles. The molecule has 4 rings (SSSR count). The molecule has 0 N–H and O–H groups in total. The fourth-order valence-corrected chi connectivity index (χ4v) is 3.92. The third kappa shape index (κ3) is 3.34. The summed E-state index contributed by atoms with van der Waals surface area (Å²) in [6.07, 6.45) is 0.779. The SMILES string of the molecule is COc1ccc2c(c1)CN(C(=O)c1nc(C)n(-c3c(Cl)cccc3Cl)n1)CC2. The van der Waals surface area contributed by atoms with E-state index in [4.69, 9.17) is 27.9 Å². The summed E-state index contributed by atoms with van der Waals surface area (Å²) in [5.41, 5.74) is 2.82. The summed E-state index contributed by atoms with van der Waals surface area (Å²) in [5.74, 6) is 1.22. The van der Waals surface area contributed by atoms with Gasteiger partial charge < -0.3 is 9.64 Å². The highest BCUT2D eigenvalue weighted by molar-refractivity contribution is 6.37. The van der Waals surface area contributed by atoms with Crippen LogP contribution in [0.5, 0.6) is 5.75 Å². The van der Waals surface area contributed by atoms with Crippen LogP contribution in [0.1, 0.15) is 27.6 Å². The number of aromatic nitrogens is 3. The van der Waals surface area contributed by atoms with E-state index in [0.717, 1.165) is 17.7 Å². The van der Waals surface area contributed by atoms with Crippen LogP contribution in [0.15, 0.2) is 36.4 Å². The molecule has 0 aliphatic carbocycles. The second-order valence-electron chi connectivity index (χ2n) is 6.58. The van der Waals surface area contributed by atoms with E-state index in [1.165, 1.54) is 10.2 Å². The lowest BCUT2D eigenvalue weighted by Crippen LogP contribution is -2.36. The first kappa shape index (κ1) is 18.8. The normalized spacial score (nSPS) is 13.4. The zero-order valence-electron chi connectivity index (χ0n) is 15.4. The zero-order chi connectivity index (χ0) is 19.8. The number of carbonyl (C=O) groups excluding carboxylic acids is 1. The zero-order valence-corrected chi connectivity index (χ0v) is 17.0. The van der Waals surface area contributed by atoms with Crippen LogP contribution >= 0.6 is 23.2 Å². The number of hydrogen-bond acceptors (Lipinski definition) is 4. The molecule has 6 nitrogen and oxygen atoms in total. The summed E-state index contributed by atoms with van der Waals surface area (Å²) in [5, 5.41) is 5.27. The average molecular weight is 417 g/mol. The molecule has 0 atom stereocenters. The monoisotopic (exact) mass is 416 g/mol. The number of benzene rings is 2. The van der Waals surface area contributed by atoms with Crippen LogP contribution < -0.4 is 4.74 Å². The van der Waals surface area contributed by atoms with Gasteiger partial charge in [0.1, 0.15) is 17.3 Å². The molecule has 8 heteroatoms. The van der Waals surface area contributed by atoms with Crippen LogP contribution in [0.4, 0.5) is 0 Å². The average Bonchev–Trinajstić information content (AvgIpc) is 3.07. The van der Waals surface area contributed by atoms with Crippen molar-refractivity contribution >= 4 is 29.1 Å². The van der Waals surface area contributed by atoms with E-state index in [9.17, 15) is 4.79 Å². The van der Waals surface area contributed by atoms with Crippen molar-refractivity contribution in [2.75, 3.05) is 13.7 Å². The fourth-order valence-electron chi connectivity index (χ4n) is 3.36. The van der Waals surface area contributed by atoms with Crippen LogP contribution in [0.3, 0.4) is 0 Å². The molecular weight excluding hydrogens is 399 g/mol. The number of ether oxygens (including phenoxy) is 1. The van der Waals surface area contributed by atoms with Gasteiger partial charge in [0, 0.05) is 13.1 Å². The minimum atomic E-state index is -0.224. The van der Waals surface area contributed by atoms with Gasteiger partial charge in [0.15, 0.2) is 0 Å². The molecule has 28 heavy (non-hydrogen) atoms. The number of hydrogen-bond donors (Lipinski definition) is 0. The van der Waals surface area contributed by atoms with Crippen molar-refractivity contribution in [3.8, 4) is 11.4 Å². The van der Waals surface area contributed by atoms with Crippen molar-refractivity contribution < 1.29 is 9.53 Å². The number of para-hydroxylation sites is 1. The maximum Gasteiger partial charge on any atom is 0.293 e. The van der Waals surface area contributed by atoms with E-state index < -0.39 is 0 Å². The topological polar surface area (TPSA) is 60.2 Å². The Labute approximate surface area is 172 Å². The van der Waals surface area contributed by atoms with Crippen molar-refractivity contribution in [2.45, 2.75) is 19.9 Å². The van der Waals surface area contributed by atoms with E-state index in [1.807, 2.05) is 18.2 Å². The van der Waals surface area contributed by atoms with Gasteiger partial charge in [-0.25, -0.2) is 9.67 Å². The number of aryl methyl sites for hydroxylation is 1. The maximum atomic E-state index is 13.0. The van der Waals surface area contributed by atoms with Crippen LogP contribution in [0, 0.1) is 6.92 Å². The number of nitrogens with zero attached hydrogens (tertiary/aromatic N) is 4. The van der Waals surface area contributed by atoms with Crippen molar-refractivity contribution in [2.24, 2.45) is 0 Å². The quantitative estimate of drug-likeness (QED) is 0.644. The minimum Gasteiger partial charge on any atom is -0.497 e. The first-order valence-corrected chi connectivity index (χ1v) is 9.56. The number of carbonyl (C=O) groups is 1. The smallest absolute Gasteiger partial charge is 0.293 e. The van der Waals surface area contributed by atoms with E-state index in [1.54, 1.807) is 37.1 Å². The van der Waals surface area contributed by atoms with Crippen molar-refractivity contribution in [1.29, 1.82) is 0 Å². The van der Waals surface area contributed by atoms with Gasteiger partial charge in [0.2, 0.25) is 5.82 Å². The third-order valence-corrected chi connectivity index (χ3v) is 5.43. The van der Waals surface area contributed by atoms with Crippen molar-refractivity contribution in [3.63, 3.8) is 0 Å². The van der Waals surface area contributed by atoms with Gasteiger partial charge in [-0.1, -0.05) is 35.3 Å². The summed E-state index contributed by atoms with van der Waals surface area (Å²) in [6.45, 7) is 2.87. The molecule has 2 aromatic carbocycles. The molecule has 1 aliphatic heterocycles. The van der Waals surface area contributed by atoms with E-state index >= 15 is 0 Å². The van der Waals surface area contributed by atoms with Gasteiger partial charge >= 0.3 is 0 Å². The summed E-state index contributed by atoms with van der Waals surface area (Å²) < 4.78 is 6.81. The second-order valence-corrected chi connectivity index (χ2v) is 7.39. The van der Waals surface area contributed by atoms with E-state index in [-0.39, 0.29) is 11.7 Å². The van der Waals surface area contributed by atoms with Gasteiger partial charge in [0.05, 0.1) is 17.2 Å².